The molecule has 0 bridgehead atoms. The minimum Gasteiger partial charge on any atom is -0.300 e. The van der Waals surface area contributed by atoms with Gasteiger partial charge >= 0.3 is 0 Å². The zero-order valence-corrected chi connectivity index (χ0v) is 9.46. The summed E-state index contributed by atoms with van der Waals surface area (Å²) in [4.78, 5) is 11.1. The molecule has 0 amide bonds. The molecule has 0 aliphatic heterocycles. The van der Waals surface area contributed by atoms with E-state index in [4.69, 9.17) is 0 Å². The van der Waals surface area contributed by atoms with E-state index in [-0.39, 0.29) is 17.5 Å². The Bertz CT molecular complexity index is 327. The Morgan fingerprint density at radius 1 is 1.27 bits per heavy atom. The van der Waals surface area contributed by atoms with Gasteiger partial charge in [-0.1, -0.05) is 26.0 Å². The van der Waals surface area contributed by atoms with Crippen molar-refractivity contribution in [3.63, 3.8) is 0 Å². The van der Waals surface area contributed by atoms with Gasteiger partial charge in [-0.2, -0.15) is 0 Å². The third-order valence-electron chi connectivity index (χ3n) is 2.61. The third kappa shape index (κ3) is 3.46. The smallest absolute Gasteiger partial charge is 0.130 e. The highest BCUT2D eigenvalue weighted by Gasteiger charge is 2.17. The Balaban J connectivity index is 2.88. The highest BCUT2D eigenvalue weighted by Crippen LogP contribution is 2.28. The molecule has 0 aromatic heterocycles. The Morgan fingerprint density at radius 3 is 2.20 bits per heavy atom. The van der Waals surface area contributed by atoms with E-state index in [1.807, 2.05) is 0 Å². The maximum absolute atomic E-state index is 12.7. The van der Waals surface area contributed by atoms with Crippen LogP contribution in [0.25, 0.3) is 0 Å². The summed E-state index contributed by atoms with van der Waals surface area (Å²) in [5.74, 6) is 0.532. The molecule has 0 N–H and O–H groups in total. The lowest BCUT2D eigenvalue weighted by Gasteiger charge is -2.19. The van der Waals surface area contributed by atoms with Crippen molar-refractivity contribution in [2.75, 3.05) is 0 Å². The highest BCUT2D eigenvalue weighted by atomic mass is 19.1. The first-order valence-electron chi connectivity index (χ1n) is 5.25. The average Bonchev–Trinajstić information content (AvgIpc) is 2.15. The van der Waals surface area contributed by atoms with E-state index < -0.39 is 0 Å². The Morgan fingerprint density at radius 2 is 1.80 bits per heavy atom. The van der Waals surface area contributed by atoms with Gasteiger partial charge in [0.25, 0.3) is 0 Å². The molecule has 0 fully saturated rings. The molecule has 1 atom stereocenters. The first-order valence-corrected chi connectivity index (χ1v) is 5.25. The number of rotatable bonds is 4. The molecule has 0 saturated heterocycles. The molecular weight excluding hydrogens is 191 g/mol. The zero-order chi connectivity index (χ0) is 11.4. The van der Waals surface area contributed by atoms with Crippen LogP contribution in [0.4, 0.5) is 4.39 Å². The van der Waals surface area contributed by atoms with Crippen LogP contribution in [0.2, 0.25) is 0 Å². The predicted octanol–water partition coefficient (Wildman–Crippen LogP) is 3.54. The molecule has 1 aromatic carbocycles. The normalized spacial score (nSPS) is 12.9. The van der Waals surface area contributed by atoms with E-state index >= 15 is 0 Å². The summed E-state index contributed by atoms with van der Waals surface area (Å²) in [6.45, 7) is 5.76. The van der Waals surface area contributed by atoms with Crippen LogP contribution in [-0.2, 0) is 4.79 Å². The van der Waals surface area contributed by atoms with Crippen molar-refractivity contribution >= 4 is 5.78 Å². The Kier molecular flexibility index (Phi) is 4.01. The van der Waals surface area contributed by atoms with E-state index in [1.165, 1.54) is 12.1 Å². The predicted molar refractivity (Wildman–Crippen MR) is 59.3 cm³/mol. The van der Waals surface area contributed by atoms with Crippen LogP contribution in [0, 0.1) is 11.7 Å². The highest BCUT2D eigenvalue weighted by molar-refractivity contribution is 5.76. The number of Topliss-reactive ketones (excluding diaryl/α,β-unsaturated/α-hetero) is 1. The molecule has 0 heterocycles. The zero-order valence-electron chi connectivity index (χ0n) is 9.46. The maximum Gasteiger partial charge on any atom is 0.130 e. The van der Waals surface area contributed by atoms with E-state index in [0.717, 1.165) is 5.56 Å². The first kappa shape index (κ1) is 11.9. The van der Waals surface area contributed by atoms with E-state index in [1.54, 1.807) is 19.1 Å². The quantitative estimate of drug-likeness (QED) is 0.739. The fraction of sp³-hybridized carbons (Fsp3) is 0.462. The lowest BCUT2D eigenvalue weighted by Crippen LogP contribution is -2.10. The van der Waals surface area contributed by atoms with Crippen LogP contribution >= 0.6 is 0 Å². The topological polar surface area (TPSA) is 17.1 Å². The van der Waals surface area contributed by atoms with E-state index in [0.29, 0.717) is 12.3 Å². The molecule has 1 aromatic rings. The van der Waals surface area contributed by atoms with Crippen LogP contribution in [-0.4, -0.2) is 5.78 Å². The lowest BCUT2D eigenvalue weighted by molar-refractivity contribution is -0.117. The van der Waals surface area contributed by atoms with Gasteiger partial charge in [-0.15, -0.1) is 0 Å². The molecule has 82 valence electrons. The molecule has 2 heteroatoms. The number of carbonyl (C=O) groups excluding carboxylic acids is 1. The molecule has 1 rings (SSSR count). The summed E-state index contributed by atoms with van der Waals surface area (Å²) in [6.07, 6.45) is 0.531. The minimum absolute atomic E-state index is 0.179. The second-order valence-corrected chi connectivity index (χ2v) is 4.31. The number of ketones is 1. The van der Waals surface area contributed by atoms with Gasteiger partial charge in [0.15, 0.2) is 0 Å². The van der Waals surface area contributed by atoms with Gasteiger partial charge in [-0.05, 0) is 36.5 Å². The number of halogens is 1. The first-order chi connectivity index (χ1) is 7.00. The second-order valence-electron chi connectivity index (χ2n) is 4.31. The maximum atomic E-state index is 12.7. The summed E-state index contributed by atoms with van der Waals surface area (Å²) < 4.78 is 12.7. The van der Waals surface area contributed by atoms with Gasteiger partial charge in [0, 0.05) is 6.42 Å². The summed E-state index contributed by atoms with van der Waals surface area (Å²) in [5.41, 5.74) is 1.04. The monoisotopic (exact) mass is 208 g/mol. The Labute approximate surface area is 90.3 Å². The van der Waals surface area contributed by atoms with E-state index in [9.17, 15) is 9.18 Å². The summed E-state index contributed by atoms with van der Waals surface area (Å²) in [6, 6.07) is 6.43. The number of hydrogen-bond donors (Lipinski definition) is 0. The fourth-order valence-electron chi connectivity index (χ4n) is 1.76. The summed E-state index contributed by atoms with van der Waals surface area (Å²) in [7, 11) is 0. The summed E-state index contributed by atoms with van der Waals surface area (Å²) >= 11 is 0. The van der Waals surface area contributed by atoms with Gasteiger partial charge < -0.3 is 4.79 Å². The number of benzene rings is 1. The fourth-order valence-corrected chi connectivity index (χ4v) is 1.76. The van der Waals surface area contributed by atoms with Crippen molar-refractivity contribution in [3.8, 4) is 0 Å². The van der Waals surface area contributed by atoms with Crippen molar-refractivity contribution in [1.82, 2.24) is 0 Å². The third-order valence-corrected chi connectivity index (χ3v) is 2.61. The molecular formula is C13H17FO. The van der Waals surface area contributed by atoms with Crippen LogP contribution in [0.5, 0.6) is 0 Å². The standard InChI is InChI=1S/C13H17FO/c1-9(2)13(8-10(3)15)11-4-6-12(14)7-5-11/h4-7,9,13H,8H2,1-3H3. The molecule has 0 aliphatic carbocycles. The van der Waals surface area contributed by atoms with Crippen LogP contribution < -0.4 is 0 Å². The molecule has 0 aliphatic rings. The SMILES string of the molecule is CC(=O)CC(c1ccc(F)cc1)C(C)C. The van der Waals surface area contributed by atoms with Crippen molar-refractivity contribution < 1.29 is 9.18 Å². The van der Waals surface area contributed by atoms with Crippen LogP contribution in [0.15, 0.2) is 24.3 Å². The largest absolute Gasteiger partial charge is 0.300 e. The van der Waals surface area contributed by atoms with Crippen molar-refractivity contribution in [1.29, 1.82) is 0 Å². The van der Waals surface area contributed by atoms with Gasteiger partial charge in [-0.3, -0.25) is 0 Å². The van der Waals surface area contributed by atoms with Gasteiger partial charge in [0.1, 0.15) is 11.6 Å². The van der Waals surface area contributed by atoms with Crippen LogP contribution in [0.1, 0.15) is 38.7 Å². The minimum atomic E-state index is -0.232. The molecule has 0 radical (unpaired) electrons. The van der Waals surface area contributed by atoms with Gasteiger partial charge in [0.2, 0.25) is 0 Å². The molecule has 1 nitrogen and oxygen atoms in total. The average molecular weight is 208 g/mol. The molecule has 15 heavy (non-hydrogen) atoms. The molecule has 0 saturated carbocycles. The Hall–Kier alpha value is -1.18. The molecule has 0 spiro atoms. The van der Waals surface area contributed by atoms with Gasteiger partial charge in [0.05, 0.1) is 0 Å². The second kappa shape index (κ2) is 5.06. The van der Waals surface area contributed by atoms with E-state index in [2.05, 4.69) is 13.8 Å². The van der Waals surface area contributed by atoms with Crippen LogP contribution in [0.3, 0.4) is 0 Å². The van der Waals surface area contributed by atoms with Crippen molar-refractivity contribution in [2.45, 2.75) is 33.1 Å². The number of carbonyl (C=O) groups is 1. The van der Waals surface area contributed by atoms with Crippen molar-refractivity contribution in [3.05, 3.63) is 35.6 Å². The lowest BCUT2D eigenvalue weighted by atomic mass is 9.85. The van der Waals surface area contributed by atoms with Gasteiger partial charge in [-0.25, -0.2) is 4.39 Å². The molecule has 1 unspecified atom stereocenters. The van der Waals surface area contributed by atoms with Crippen molar-refractivity contribution in [2.24, 2.45) is 5.92 Å². The number of hydrogen-bond acceptors (Lipinski definition) is 1. The summed E-state index contributed by atoms with van der Waals surface area (Å²) in [5, 5.41) is 0.